The van der Waals surface area contributed by atoms with Crippen LogP contribution in [0.2, 0.25) is 0 Å². The van der Waals surface area contributed by atoms with Gasteiger partial charge in [0, 0.05) is 41.9 Å². The molecule has 8 heteroatoms. The first-order valence-electron chi connectivity index (χ1n) is 6.45. The first-order valence-corrected chi connectivity index (χ1v) is 7.46. The molecule has 0 saturated heterocycles. The quantitative estimate of drug-likeness (QED) is 0.795. The lowest BCUT2D eigenvalue weighted by molar-refractivity contribution is 0.411. The highest BCUT2D eigenvalue weighted by molar-refractivity contribution is 6.50. The fraction of sp³-hybridized carbons (Fsp3) is 0.385. The summed E-state index contributed by atoms with van der Waals surface area (Å²) in [6, 6.07) is 4.67. The summed E-state index contributed by atoms with van der Waals surface area (Å²) in [7, 11) is 0. The monoisotopic (exact) mass is 349 g/mol. The van der Waals surface area contributed by atoms with Gasteiger partial charge in [-0.3, -0.25) is 9.59 Å². The van der Waals surface area contributed by atoms with Gasteiger partial charge in [-0.15, -0.1) is 0 Å². The van der Waals surface area contributed by atoms with Gasteiger partial charge in [0.25, 0.3) is 11.1 Å². The van der Waals surface area contributed by atoms with E-state index >= 15 is 0 Å². The van der Waals surface area contributed by atoms with Crippen LogP contribution in [0, 0.1) is 5.92 Å². The smallest absolute Gasteiger partial charge is 0.267 e. The zero-order valence-corrected chi connectivity index (χ0v) is 13.8. The molecular formula is C13H14Cl3N3O2. The van der Waals surface area contributed by atoms with Gasteiger partial charge in [-0.05, 0) is 18.1 Å². The van der Waals surface area contributed by atoms with E-state index in [9.17, 15) is 9.59 Å². The molecule has 21 heavy (non-hydrogen) atoms. The van der Waals surface area contributed by atoms with Crippen LogP contribution in [0.4, 0.5) is 5.69 Å². The maximum Gasteiger partial charge on any atom is 0.288 e. The number of rotatable bonds is 4. The second-order valence-corrected chi connectivity index (χ2v) is 6.07. The predicted octanol–water partition coefficient (Wildman–Crippen LogP) is 3.33. The number of aromatic nitrogens is 2. The summed E-state index contributed by atoms with van der Waals surface area (Å²) in [4.78, 5) is 25.0. The van der Waals surface area contributed by atoms with E-state index in [4.69, 9.17) is 35.3 Å². The summed E-state index contributed by atoms with van der Waals surface area (Å²) in [5, 5.41) is 0.340. The largest absolute Gasteiger partial charge is 0.288 e. The Bertz CT molecular complexity index is 783. The standard InChI is InChI=1S/C13H14Cl3N3O2/c1-3-8(2)7-17-13(21)11-9(12(20)19(17)16)5-4-6-10(11)18(14)15/h4-6,8H,3,7H2,1-2H3. The molecular weight excluding hydrogens is 337 g/mol. The Hall–Kier alpha value is -1.17. The van der Waals surface area contributed by atoms with E-state index in [0.29, 0.717) is 6.54 Å². The fourth-order valence-corrected chi connectivity index (χ4v) is 2.58. The minimum absolute atomic E-state index is 0.160. The van der Waals surface area contributed by atoms with Crippen molar-refractivity contribution in [2.75, 3.05) is 3.94 Å². The van der Waals surface area contributed by atoms with Crippen LogP contribution in [0.15, 0.2) is 27.8 Å². The summed E-state index contributed by atoms with van der Waals surface area (Å²) >= 11 is 17.5. The van der Waals surface area contributed by atoms with Crippen molar-refractivity contribution in [3.05, 3.63) is 38.9 Å². The Labute approximate surface area is 136 Å². The van der Waals surface area contributed by atoms with Gasteiger partial charge in [0.15, 0.2) is 0 Å². The number of nitrogens with zero attached hydrogens (tertiary/aromatic N) is 3. The molecule has 1 heterocycles. The van der Waals surface area contributed by atoms with E-state index in [2.05, 4.69) is 0 Å². The number of anilines is 1. The third-order valence-electron chi connectivity index (χ3n) is 3.46. The molecule has 0 amide bonds. The molecule has 2 rings (SSSR count). The lowest BCUT2D eigenvalue weighted by atomic mass is 10.1. The van der Waals surface area contributed by atoms with Crippen LogP contribution in [0.25, 0.3) is 10.8 Å². The highest BCUT2D eigenvalue weighted by Crippen LogP contribution is 2.25. The molecule has 0 N–H and O–H groups in total. The Morgan fingerprint density at radius 3 is 2.48 bits per heavy atom. The van der Waals surface area contributed by atoms with Gasteiger partial charge in [0.2, 0.25) is 0 Å². The number of fused-ring (bicyclic) bond motifs is 1. The molecule has 5 nitrogen and oxygen atoms in total. The average Bonchev–Trinajstić information content (AvgIpc) is 2.48. The second-order valence-electron chi connectivity index (χ2n) is 4.90. The molecule has 114 valence electrons. The second kappa shape index (κ2) is 6.30. The normalized spacial score (nSPS) is 12.6. The van der Waals surface area contributed by atoms with Gasteiger partial charge in [0.05, 0.1) is 16.5 Å². The van der Waals surface area contributed by atoms with E-state index in [1.54, 1.807) is 12.1 Å². The maximum absolute atomic E-state index is 12.7. The van der Waals surface area contributed by atoms with Crippen molar-refractivity contribution < 1.29 is 0 Å². The molecule has 0 radical (unpaired) electrons. The zero-order chi connectivity index (χ0) is 15.7. The number of hydrogen-bond donors (Lipinski definition) is 0. The number of benzene rings is 1. The maximum atomic E-state index is 12.7. The molecule has 0 aliphatic rings. The average molecular weight is 351 g/mol. The molecule has 2 aromatic rings. The molecule has 1 atom stereocenters. The van der Waals surface area contributed by atoms with Crippen LogP contribution in [-0.4, -0.2) is 8.88 Å². The molecule has 0 aliphatic heterocycles. The van der Waals surface area contributed by atoms with E-state index in [0.717, 1.165) is 14.6 Å². The summed E-state index contributed by atoms with van der Waals surface area (Å²) < 4.78 is 2.81. The zero-order valence-electron chi connectivity index (χ0n) is 11.5. The van der Waals surface area contributed by atoms with Gasteiger partial charge in [0.1, 0.15) is 0 Å². The van der Waals surface area contributed by atoms with Crippen molar-refractivity contribution in [1.29, 1.82) is 0 Å². The summed E-state index contributed by atoms with van der Waals surface area (Å²) in [5.41, 5.74) is -0.624. The predicted molar refractivity (Wildman–Crippen MR) is 87.4 cm³/mol. The summed E-state index contributed by atoms with van der Waals surface area (Å²) in [6.45, 7) is 4.31. The highest BCUT2D eigenvalue weighted by Gasteiger charge is 2.18. The molecule has 1 unspecified atom stereocenters. The van der Waals surface area contributed by atoms with Gasteiger partial charge in [-0.25, -0.2) is 4.68 Å². The van der Waals surface area contributed by atoms with Crippen molar-refractivity contribution >= 4 is 51.8 Å². The topological polar surface area (TPSA) is 47.2 Å². The van der Waals surface area contributed by atoms with E-state index in [1.807, 2.05) is 13.8 Å². The van der Waals surface area contributed by atoms with Gasteiger partial charge in [-0.1, -0.05) is 26.3 Å². The van der Waals surface area contributed by atoms with Crippen LogP contribution < -0.4 is 15.1 Å². The number of hydrogen-bond acceptors (Lipinski definition) is 3. The van der Waals surface area contributed by atoms with E-state index in [-0.39, 0.29) is 22.4 Å². The van der Waals surface area contributed by atoms with Crippen LogP contribution >= 0.6 is 35.3 Å². The lowest BCUT2D eigenvalue weighted by Gasteiger charge is -2.16. The van der Waals surface area contributed by atoms with Crippen LogP contribution in [0.3, 0.4) is 0 Å². The summed E-state index contributed by atoms with van der Waals surface area (Å²) in [6.07, 6.45) is 0.855. The van der Waals surface area contributed by atoms with Crippen molar-refractivity contribution in [2.45, 2.75) is 26.8 Å². The third-order valence-corrected chi connectivity index (χ3v) is 4.16. The van der Waals surface area contributed by atoms with Gasteiger partial charge >= 0.3 is 0 Å². The highest BCUT2D eigenvalue weighted by atomic mass is 35.5. The van der Waals surface area contributed by atoms with Crippen molar-refractivity contribution in [2.24, 2.45) is 5.92 Å². The lowest BCUT2D eigenvalue weighted by Crippen LogP contribution is -2.36. The summed E-state index contributed by atoms with van der Waals surface area (Å²) in [5.74, 6) is 0.194. The van der Waals surface area contributed by atoms with Crippen molar-refractivity contribution in [1.82, 2.24) is 8.88 Å². The minimum Gasteiger partial charge on any atom is -0.267 e. The molecule has 0 bridgehead atoms. The number of halogens is 3. The van der Waals surface area contributed by atoms with E-state index in [1.165, 1.54) is 10.7 Å². The molecule has 1 aromatic carbocycles. The van der Waals surface area contributed by atoms with Crippen molar-refractivity contribution in [3.8, 4) is 0 Å². The minimum atomic E-state index is -0.480. The fourth-order valence-electron chi connectivity index (χ4n) is 2.08. The van der Waals surface area contributed by atoms with Crippen LogP contribution in [0.1, 0.15) is 20.3 Å². The SMILES string of the molecule is CCC(C)Cn1c(=O)c2c(N(Cl)Cl)cccc2c(=O)n1Cl. The first kappa shape index (κ1) is 16.2. The third kappa shape index (κ3) is 2.91. The van der Waals surface area contributed by atoms with Crippen LogP contribution in [0.5, 0.6) is 0 Å². The van der Waals surface area contributed by atoms with Gasteiger partial charge < -0.3 is 0 Å². The molecule has 0 saturated carbocycles. The van der Waals surface area contributed by atoms with Crippen molar-refractivity contribution in [3.63, 3.8) is 0 Å². The Kier molecular flexibility index (Phi) is 4.86. The Morgan fingerprint density at radius 2 is 1.90 bits per heavy atom. The Balaban J connectivity index is 2.87. The van der Waals surface area contributed by atoms with Gasteiger partial charge in [-0.2, -0.15) is 8.14 Å². The first-order chi connectivity index (χ1) is 9.88. The molecule has 1 aromatic heterocycles. The Morgan fingerprint density at radius 1 is 1.24 bits per heavy atom. The molecule has 0 fully saturated rings. The van der Waals surface area contributed by atoms with Crippen LogP contribution in [-0.2, 0) is 6.54 Å². The van der Waals surface area contributed by atoms with E-state index < -0.39 is 11.1 Å². The molecule has 0 spiro atoms. The molecule has 0 aliphatic carbocycles.